The summed E-state index contributed by atoms with van der Waals surface area (Å²) in [4.78, 5) is 0. The van der Waals surface area contributed by atoms with E-state index in [-0.39, 0.29) is 24.0 Å². The summed E-state index contributed by atoms with van der Waals surface area (Å²) in [6.07, 6.45) is 0. The number of nitrogens with one attached hydrogen (secondary N) is 1. The normalized spacial score (nSPS) is 12.4. The first-order valence-electron chi connectivity index (χ1n) is 5.99. The van der Waals surface area contributed by atoms with Crippen LogP contribution in [0.1, 0.15) is 24.1 Å². The number of hydrogen-bond acceptors (Lipinski definition) is 1. The van der Waals surface area contributed by atoms with Gasteiger partial charge in [-0.3, -0.25) is 0 Å². The van der Waals surface area contributed by atoms with Gasteiger partial charge < -0.3 is 5.32 Å². The molecule has 100 valence electrons. The Hall–Kier alpha value is -1.81. The second kappa shape index (κ2) is 5.89. The standard InChI is InChI=1S/C15H14F3N/c1-10(13-4-2-3-5-15(13)18)19-9-11-8-12(16)6-7-14(11)17/h2-8,10,19H,9H2,1H3/t10-/m1/s1. The highest BCUT2D eigenvalue weighted by Gasteiger charge is 2.11. The largest absolute Gasteiger partial charge is 0.306 e. The molecule has 0 aliphatic carbocycles. The summed E-state index contributed by atoms with van der Waals surface area (Å²) in [5.41, 5.74) is 0.725. The predicted octanol–water partition coefficient (Wildman–Crippen LogP) is 3.95. The van der Waals surface area contributed by atoms with E-state index in [4.69, 9.17) is 0 Å². The third-order valence-electron chi connectivity index (χ3n) is 2.98. The Labute approximate surface area is 110 Å². The van der Waals surface area contributed by atoms with E-state index in [1.165, 1.54) is 6.07 Å². The van der Waals surface area contributed by atoms with E-state index < -0.39 is 11.6 Å². The van der Waals surface area contributed by atoms with E-state index in [0.29, 0.717) is 5.56 Å². The Kier molecular flexibility index (Phi) is 4.22. The predicted molar refractivity (Wildman–Crippen MR) is 68.0 cm³/mol. The van der Waals surface area contributed by atoms with Gasteiger partial charge in [0.15, 0.2) is 0 Å². The highest BCUT2D eigenvalue weighted by Crippen LogP contribution is 2.17. The molecule has 0 aliphatic rings. The first kappa shape index (κ1) is 13.6. The van der Waals surface area contributed by atoms with Gasteiger partial charge in [-0.2, -0.15) is 0 Å². The van der Waals surface area contributed by atoms with Crippen LogP contribution < -0.4 is 5.32 Å². The molecular formula is C15H14F3N. The van der Waals surface area contributed by atoms with Gasteiger partial charge in [-0.25, -0.2) is 13.2 Å². The smallest absolute Gasteiger partial charge is 0.127 e. The van der Waals surface area contributed by atoms with Crippen molar-refractivity contribution < 1.29 is 13.2 Å². The molecule has 0 saturated carbocycles. The van der Waals surface area contributed by atoms with Crippen molar-refractivity contribution in [1.29, 1.82) is 0 Å². The van der Waals surface area contributed by atoms with E-state index in [9.17, 15) is 13.2 Å². The fraction of sp³-hybridized carbons (Fsp3) is 0.200. The van der Waals surface area contributed by atoms with Crippen LogP contribution in [0.15, 0.2) is 42.5 Å². The van der Waals surface area contributed by atoms with Crippen LogP contribution in [0.4, 0.5) is 13.2 Å². The number of halogens is 3. The van der Waals surface area contributed by atoms with Crippen molar-refractivity contribution >= 4 is 0 Å². The summed E-state index contributed by atoms with van der Waals surface area (Å²) in [5.74, 6) is -1.28. The maximum absolute atomic E-state index is 13.5. The van der Waals surface area contributed by atoms with Crippen molar-refractivity contribution in [1.82, 2.24) is 5.32 Å². The highest BCUT2D eigenvalue weighted by molar-refractivity contribution is 5.22. The molecule has 0 aliphatic heterocycles. The molecule has 0 bridgehead atoms. The number of rotatable bonds is 4. The average Bonchev–Trinajstić information content (AvgIpc) is 2.40. The maximum atomic E-state index is 13.5. The second-order valence-electron chi connectivity index (χ2n) is 4.36. The lowest BCUT2D eigenvalue weighted by atomic mass is 10.1. The summed E-state index contributed by atoms with van der Waals surface area (Å²) >= 11 is 0. The molecule has 19 heavy (non-hydrogen) atoms. The molecule has 0 unspecified atom stereocenters. The summed E-state index contributed by atoms with van der Waals surface area (Å²) in [5, 5.41) is 2.98. The Balaban J connectivity index is 2.06. The van der Waals surface area contributed by atoms with E-state index in [1.807, 2.05) is 0 Å². The monoisotopic (exact) mass is 265 g/mol. The summed E-state index contributed by atoms with van der Waals surface area (Å²) in [6, 6.07) is 9.38. The van der Waals surface area contributed by atoms with Crippen molar-refractivity contribution in [3.63, 3.8) is 0 Å². The number of hydrogen-bond donors (Lipinski definition) is 1. The molecule has 0 radical (unpaired) electrons. The molecular weight excluding hydrogens is 251 g/mol. The van der Waals surface area contributed by atoms with E-state index >= 15 is 0 Å². The van der Waals surface area contributed by atoms with Gasteiger partial charge >= 0.3 is 0 Å². The average molecular weight is 265 g/mol. The Morgan fingerprint density at radius 3 is 2.47 bits per heavy atom. The van der Waals surface area contributed by atoms with E-state index in [2.05, 4.69) is 5.32 Å². The number of benzene rings is 2. The third-order valence-corrected chi connectivity index (χ3v) is 2.98. The Morgan fingerprint density at radius 1 is 1.00 bits per heavy atom. The van der Waals surface area contributed by atoms with Crippen molar-refractivity contribution in [2.24, 2.45) is 0 Å². The summed E-state index contributed by atoms with van der Waals surface area (Å²) in [6.45, 7) is 1.91. The third kappa shape index (κ3) is 3.35. The van der Waals surface area contributed by atoms with Crippen molar-refractivity contribution in [3.8, 4) is 0 Å². The van der Waals surface area contributed by atoms with Gasteiger partial charge in [-0.05, 0) is 31.2 Å². The zero-order chi connectivity index (χ0) is 13.8. The highest BCUT2D eigenvalue weighted by atomic mass is 19.1. The zero-order valence-corrected chi connectivity index (χ0v) is 10.5. The lowest BCUT2D eigenvalue weighted by Crippen LogP contribution is -2.19. The topological polar surface area (TPSA) is 12.0 Å². The molecule has 0 fully saturated rings. The Morgan fingerprint density at radius 2 is 1.74 bits per heavy atom. The van der Waals surface area contributed by atoms with E-state index in [0.717, 1.165) is 18.2 Å². The molecule has 1 nitrogen and oxygen atoms in total. The van der Waals surface area contributed by atoms with Gasteiger partial charge in [0.1, 0.15) is 17.5 Å². The molecule has 4 heteroatoms. The molecule has 1 atom stereocenters. The molecule has 0 aromatic heterocycles. The van der Waals surface area contributed by atoms with Crippen LogP contribution in [0.2, 0.25) is 0 Å². The van der Waals surface area contributed by atoms with Crippen molar-refractivity contribution in [2.45, 2.75) is 19.5 Å². The van der Waals surface area contributed by atoms with Crippen LogP contribution in [-0.2, 0) is 6.54 Å². The van der Waals surface area contributed by atoms with Crippen LogP contribution in [0.3, 0.4) is 0 Å². The zero-order valence-electron chi connectivity index (χ0n) is 10.5. The van der Waals surface area contributed by atoms with Gasteiger partial charge in [0.05, 0.1) is 0 Å². The second-order valence-corrected chi connectivity index (χ2v) is 4.36. The fourth-order valence-corrected chi connectivity index (χ4v) is 1.88. The van der Waals surface area contributed by atoms with Crippen molar-refractivity contribution in [2.75, 3.05) is 0 Å². The molecule has 2 aromatic carbocycles. The SMILES string of the molecule is C[C@@H](NCc1cc(F)ccc1F)c1ccccc1F. The minimum absolute atomic E-state index is 0.138. The van der Waals surface area contributed by atoms with Crippen LogP contribution in [0.25, 0.3) is 0 Å². The molecule has 2 aromatic rings. The maximum Gasteiger partial charge on any atom is 0.127 e. The molecule has 0 spiro atoms. The van der Waals surface area contributed by atoms with Crippen LogP contribution in [0, 0.1) is 17.5 Å². The minimum Gasteiger partial charge on any atom is -0.306 e. The lowest BCUT2D eigenvalue weighted by molar-refractivity contribution is 0.511. The summed E-state index contributed by atoms with van der Waals surface area (Å²) < 4.78 is 40.0. The van der Waals surface area contributed by atoms with Crippen molar-refractivity contribution in [3.05, 3.63) is 71.0 Å². The van der Waals surface area contributed by atoms with Gasteiger partial charge in [0.2, 0.25) is 0 Å². The van der Waals surface area contributed by atoms with Crippen LogP contribution >= 0.6 is 0 Å². The first-order valence-corrected chi connectivity index (χ1v) is 5.99. The van der Waals surface area contributed by atoms with Gasteiger partial charge in [-0.1, -0.05) is 18.2 Å². The minimum atomic E-state index is -0.489. The van der Waals surface area contributed by atoms with Gasteiger partial charge in [-0.15, -0.1) is 0 Å². The molecule has 2 rings (SSSR count). The van der Waals surface area contributed by atoms with Gasteiger partial charge in [0.25, 0.3) is 0 Å². The van der Waals surface area contributed by atoms with E-state index in [1.54, 1.807) is 25.1 Å². The Bertz CT molecular complexity index is 569. The van der Waals surface area contributed by atoms with Crippen LogP contribution in [0.5, 0.6) is 0 Å². The summed E-state index contributed by atoms with van der Waals surface area (Å²) in [7, 11) is 0. The first-order chi connectivity index (χ1) is 9.08. The van der Waals surface area contributed by atoms with Crippen LogP contribution in [-0.4, -0.2) is 0 Å². The van der Waals surface area contributed by atoms with Gasteiger partial charge in [0, 0.05) is 23.7 Å². The molecule has 0 heterocycles. The quantitative estimate of drug-likeness (QED) is 0.882. The fourth-order valence-electron chi connectivity index (χ4n) is 1.88. The molecule has 0 saturated heterocycles. The molecule has 0 amide bonds. The lowest BCUT2D eigenvalue weighted by Gasteiger charge is -2.15. The molecule has 1 N–H and O–H groups in total.